The van der Waals surface area contributed by atoms with Crippen molar-refractivity contribution in [2.75, 3.05) is 10.6 Å². The maximum Gasteiger partial charge on any atom is 0.275 e. The second-order valence-corrected chi connectivity index (χ2v) is 7.36. The van der Waals surface area contributed by atoms with Gasteiger partial charge in [-0.2, -0.15) is 0 Å². The number of anilines is 2. The van der Waals surface area contributed by atoms with Gasteiger partial charge < -0.3 is 10.2 Å². The third-order valence-corrected chi connectivity index (χ3v) is 5.09. The van der Waals surface area contributed by atoms with Gasteiger partial charge in [-0.3, -0.25) is 14.9 Å². The van der Waals surface area contributed by atoms with Gasteiger partial charge in [0, 0.05) is 30.0 Å². The molecule has 146 valence electrons. The van der Waals surface area contributed by atoms with Crippen LogP contribution in [-0.2, 0) is 14.4 Å². The predicted octanol–water partition coefficient (Wildman–Crippen LogP) is 4.22. The molecule has 0 aliphatic carbocycles. The van der Waals surface area contributed by atoms with Gasteiger partial charge in [-0.15, -0.1) is 11.3 Å². The number of aromatic nitrogens is 1. The van der Waals surface area contributed by atoms with E-state index >= 15 is 0 Å². The fraction of sp³-hybridized carbons (Fsp3) is 0.143. The number of thiazole rings is 1. The van der Waals surface area contributed by atoms with Crippen molar-refractivity contribution < 1.29 is 14.4 Å². The number of nitrogens with zero attached hydrogens (tertiary/aromatic N) is 2. The van der Waals surface area contributed by atoms with Crippen LogP contribution in [0.5, 0.6) is 0 Å². The van der Waals surface area contributed by atoms with Crippen molar-refractivity contribution in [2.45, 2.75) is 19.4 Å². The van der Waals surface area contributed by atoms with E-state index in [1.54, 1.807) is 0 Å². The molecule has 2 aromatic carbocycles. The number of oxime groups is 1. The Labute approximate surface area is 171 Å². The van der Waals surface area contributed by atoms with Crippen molar-refractivity contribution in [1.29, 1.82) is 0 Å². The van der Waals surface area contributed by atoms with Crippen LogP contribution in [0.25, 0.3) is 11.3 Å². The molecule has 1 unspecified atom stereocenters. The van der Waals surface area contributed by atoms with Gasteiger partial charge in [0.25, 0.3) is 5.91 Å². The summed E-state index contributed by atoms with van der Waals surface area (Å²) < 4.78 is 0. The van der Waals surface area contributed by atoms with E-state index in [1.807, 2.05) is 60.0 Å². The van der Waals surface area contributed by atoms with Crippen LogP contribution in [0.3, 0.4) is 0 Å². The van der Waals surface area contributed by atoms with E-state index in [1.165, 1.54) is 18.3 Å². The summed E-state index contributed by atoms with van der Waals surface area (Å²) in [7, 11) is 0. The average molecular weight is 406 g/mol. The molecule has 2 amide bonds. The van der Waals surface area contributed by atoms with Gasteiger partial charge in [0.1, 0.15) is 5.71 Å². The van der Waals surface area contributed by atoms with Crippen LogP contribution in [0, 0.1) is 0 Å². The minimum absolute atomic E-state index is 0.121. The van der Waals surface area contributed by atoms with Gasteiger partial charge in [0.2, 0.25) is 5.91 Å². The largest absolute Gasteiger partial charge is 0.387 e. The highest BCUT2D eigenvalue weighted by molar-refractivity contribution is 7.14. The van der Waals surface area contributed by atoms with Gasteiger partial charge in [0.15, 0.2) is 11.2 Å². The van der Waals surface area contributed by atoms with Crippen molar-refractivity contribution in [1.82, 2.24) is 4.98 Å². The Kier molecular flexibility index (Phi) is 5.35. The van der Waals surface area contributed by atoms with Crippen molar-refractivity contribution in [3.05, 3.63) is 65.5 Å². The van der Waals surface area contributed by atoms with Gasteiger partial charge in [-0.1, -0.05) is 47.6 Å². The zero-order valence-corrected chi connectivity index (χ0v) is 16.4. The third kappa shape index (κ3) is 4.49. The second kappa shape index (κ2) is 8.24. The van der Waals surface area contributed by atoms with Gasteiger partial charge in [-0.05, 0) is 17.7 Å². The summed E-state index contributed by atoms with van der Waals surface area (Å²) in [6.07, 6.45) is 0.171. The lowest BCUT2D eigenvalue weighted by Gasteiger charge is -2.07. The monoisotopic (exact) mass is 406 g/mol. The Balaban J connectivity index is 1.38. The van der Waals surface area contributed by atoms with E-state index in [-0.39, 0.29) is 17.9 Å². The Morgan fingerprint density at radius 3 is 2.55 bits per heavy atom. The number of hydrogen-bond donors (Lipinski definition) is 2. The molecule has 1 aliphatic heterocycles. The highest BCUT2D eigenvalue weighted by Crippen LogP contribution is 2.29. The topological polar surface area (TPSA) is 92.7 Å². The van der Waals surface area contributed by atoms with E-state index in [4.69, 9.17) is 4.84 Å². The number of nitrogens with one attached hydrogen (secondary N) is 2. The number of rotatable bonds is 5. The number of hydrogen-bond acceptors (Lipinski definition) is 6. The highest BCUT2D eigenvalue weighted by Gasteiger charge is 2.27. The first kappa shape index (κ1) is 18.8. The van der Waals surface area contributed by atoms with E-state index in [0.717, 1.165) is 22.5 Å². The van der Waals surface area contributed by atoms with Gasteiger partial charge in [-0.25, -0.2) is 4.98 Å². The molecule has 1 atom stereocenters. The van der Waals surface area contributed by atoms with Crippen LogP contribution in [0.4, 0.5) is 10.8 Å². The lowest BCUT2D eigenvalue weighted by atomic mass is 10.0. The molecule has 29 heavy (non-hydrogen) atoms. The molecule has 8 heteroatoms. The lowest BCUT2D eigenvalue weighted by molar-refractivity contribution is -0.114. The molecule has 7 nitrogen and oxygen atoms in total. The Morgan fingerprint density at radius 1 is 1.07 bits per heavy atom. The third-order valence-electron chi connectivity index (χ3n) is 4.33. The summed E-state index contributed by atoms with van der Waals surface area (Å²) >= 11 is 1.33. The molecule has 2 N–H and O–H groups in total. The zero-order chi connectivity index (χ0) is 20.2. The van der Waals surface area contributed by atoms with Crippen LogP contribution in [0.1, 0.15) is 25.0 Å². The van der Waals surface area contributed by atoms with Crippen LogP contribution < -0.4 is 10.6 Å². The number of carbonyl (C=O) groups is 2. The molecule has 1 aromatic heterocycles. The minimum Gasteiger partial charge on any atom is -0.387 e. The molecule has 0 spiro atoms. The molecule has 0 saturated carbocycles. The summed E-state index contributed by atoms with van der Waals surface area (Å²) in [5.41, 5.74) is 3.68. The Bertz CT molecular complexity index is 1060. The van der Waals surface area contributed by atoms with Gasteiger partial charge >= 0.3 is 0 Å². The molecular weight excluding hydrogens is 388 g/mol. The van der Waals surface area contributed by atoms with Crippen molar-refractivity contribution >= 4 is 39.7 Å². The first-order valence-electron chi connectivity index (χ1n) is 9.01. The summed E-state index contributed by atoms with van der Waals surface area (Å²) in [5, 5.41) is 11.8. The number of amides is 2. The molecular formula is C21H18N4O3S. The maximum absolute atomic E-state index is 12.5. The van der Waals surface area contributed by atoms with E-state index in [2.05, 4.69) is 20.8 Å². The molecule has 4 rings (SSSR count). The quantitative estimate of drug-likeness (QED) is 0.663. The molecule has 0 fully saturated rings. The van der Waals surface area contributed by atoms with Crippen molar-refractivity contribution in [3.63, 3.8) is 0 Å². The highest BCUT2D eigenvalue weighted by atomic mass is 32.1. The molecule has 0 saturated heterocycles. The van der Waals surface area contributed by atoms with E-state index < -0.39 is 0 Å². The van der Waals surface area contributed by atoms with Crippen LogP contribution in [-0.4, -0.2) is 22.5 Å². The normalized spacial score (nSPS) is 15.3. The van der Waals surface area contributed by atoms with Crippen LogP contribution in [0.2, 0.25) is 0 Å². The number of carbonyl (C=O) groups excluding carboxylic acids is 2. The summed E-state index contributed by atoms with van der Waals surface area (Å²) in [6, 6.07) is 17.0. The van der Waals surface area contributed by atoms with Crippen molar-refractivity contribution in [3.8, 4) is 11.3 Å². The molecule has 0 radical (unpaired) electrons. The average Bonchev–Trinajstić information content (AvgIpc) is 3.39. The molecule has 2 heterocycles. The molecule has 3 aromatic rings. The van der Waals surface area contributed by atoms with E-state index in [9.17, 15) is 9.59 Å². The molecule has 1 aliphatic rings. The second-order valence-electron chi connectivity index (χ2n) is 6.50. The first-order valence-corrected chi connectivity index (χ1v) is 9.89. The molecule has 0 bridgehead atoms. The Hall–Kier alpha value is -3.52. The fourth-order valence-electron chi connectivity index (χ4n) is 2.92. The summed E-state index contributed by atoms with van der Waals surface area (Å²) in [6.45, 7) is 1.46. The zero-order valence-electron chi connectivity index (χ0n) is 15.6. The van der Waals surface area contributed by atoms with Crippen LogP contribution >= 0.6 is 11.3 Å². The SMILES string of the molecule is CC(=O)Nc1ccc(-c2csc(NC(=O)C3=NOC(c4ccccc4)C3)n2)cc1. The maximum atomic E-state index is 12.5. The van der Waals surface area contributed by atoms with E-state index in [0.29, 0.717) is 17.3 Å². The lowest BCUT2D eigenvalue weighted by Crippen LogP contribution is -2.21. The Morgan fingerprint density at radius 2 is 1.83 bits per heavy atom. The number of benzene rings is 2. The minimum atomic E-state index is -0.315. The van der Waals surface area contributed by atoms with Crippen molar-refractivity contribution in [2.24, 2.45) is 5.16 Å². The smallest absolute Gasteiger partial charge is 0.275 e. The standard InChI is InChI=1S/C21H18N4O3S/c1-13(26)22-16-9-7-14(8-10-16)18-12-29-21(23-18)24-20(27)17-11-19(28-25-17)15-5-3-2-4-6-15/h2-10,12,19H,11H2,1H3,(H,22,26)(H,23,24,27). The first-order chi connectivity index (χ1) is 14.1. The van der Waals surface area contributed by atoms with Crippen LogP contribution in [0.15, 0.2) is 65.1 Å². The van der Waals surface area contributed by atoms with Gasteiger partial charge in [0.05, 0.1) is 5.69 Å². The summed E-state index contributed by atoms with van der Waals surface area (Å²) in [5.74, 6) is -0.435. The predicted molar refractivity (Wildman–Crippen MR) is 113 cm³/mol. The summed E-state index contributed by atoms with van der Waals surface area (Å²) in [4.78, 5) is 33.5. The fourth-order valence-corrected chi connectivity index (χ4v) is 3.63.